The van der Waals surface area contributed by atoms with Gasteiger partial charge in [-0.05, 0) is 54.9 Å². The SMILES string of the molecule is NC(=O)[C@@]1(Cc2ccc(-c3cccnc3)cc2)CCCN(C(=O)C2CCC2)C1. The van der Waals surface area contributed by atoms with Gasteiger partial charge in [0.2, 0.25) is 11.8 Å². The fourth-order valence-electron chi connectivity index (χ4n) is 4.41. The Bertz CT molecular complexity index is 846. The molecule has 1 aromatic carbocycles. The van der Waals surface area contributed by atoms with Crippen LogP contribution in [0.3, 0.4) is 0 Å². The maximum atomic E-state index is 12.7. The Morgan fingerprint density at radius 2 is 1.89 bits per heavy atom. The molecule has 1 aliphatic carbocycles. The molecule has 1 aliphatic heterocycles. The Balaban J connectivity index is 1.51. The molecule has 0 spiro atoms. The minimum atomic E-state index is -0.673. The minimum absolute atomic E-state index is 0.155. The van der Waals surface area contributed by atoms with Crippen LogP contribution < -0.4 is 5.73 Å². The van der Waals surface area contributed by atoms with Crippen molar-refractivity contribution in [2.45, 2.75) is 38.5 Å². The van der Waals surface area contributed by atoms with E-state index in [9.17, 15) is 9.59 Å². The molecular formula is C23H27N3O2. The van der Waals surface area contributed by atoms with Crippen molar-refractivity contribution in [2.24, 2.45) is 17.1 Å². The van der Waals surface area contributed by atoms with Gasteiger partial charge in [-0.2, -0.15) is 0 Å². The van der Waals surface area contributed by atoms with Gasteiger partial charge in [0, 0.05) is 31.4 Å². The van der Waals surface area contributed by atoms with Crippen molar-refractivity contribution >= 4 is 11.8 Å². The average Bonchev–Trinajstić information content (AvgIpc) is 2.68. The normalized spacial score (nSPS) is 22.5. The maximum Gasteiger partial charge on any atom is 0.225 e. The number of carbonyl (C=O) groups is 2. The minimum Gasteiger partial charge on any atom is -0.369 e. The number of piperidine rings is 1. The molecule has 2 aromatic rings. The summed E-state index contributed by atoms with van der Waals surface area (Å²) in [5.41, 5.74) is 8.43. The molecule has 0 unspecified atom stereocenters. The predicted molar refractivity (Wildman–Crippen MR) is 108 cm³/mol. The summed E-state index contributed by atoms with van der Waals surface area (Å²) in [7, 11) is 0. The van der Waals surface area contributed by atoms with E-state index >= 15 is 0 Å². The lowest BCUT2D eigenvalue weighted by atomic mass is 9.73. The van der Waals surface area contributed by atoms with Crippen LogP contribution in [0.15, 0.2) is 48.8 Å². The number of nitrogens with zero attached hydrogens (tertiary/aromatic N) is 2. The molecule has 1 aromatic heterocycles. The molecule has 2 aliphatic rings. The number of nitrogens with two attached hydrogens (primary N) is 1. The molecule has 2 heterocycles. The first-order valence-corrected chi connectivity index (χ1v) is 10.2. The van der Waals surface area contributed by atoms with Crippen LogP contribution in [0.25, 0.3) is 11.1 Å². The van der Waals surface area contributed by atoms with Crippen molar-refractivity contribution in [1.82, 2.24) is 9.88 Å². The van der Waals surface area contributed by atoms with Crippen molar-refractivity contribution in [3.8, 4) is 11.1 Å². The number of amides is 2. The number of likely N-dealkylation sites (tertiary alicyclic amines) is 1. The third-order valence-corrected chi connectivity index (χ3v) is 6.36. The number of hydrogen-bond donors (Lipinski definition) is 1. The molecule has 2 N–H and O–H groups in total. The summed E-state index contributed by atoms with van der Waals surface area (Å²) in [4.78, 5) is 31.2. The fraction of sp³-hybridized carbons (Fsp3) is 0.435. The summed E-state index contributed by atoms with van der Waals surface area (Å²) in [6.07, 6.45) is 8.83. The Morgan fingerprint density at radius 3 is 2.50 bits per heavy atom. The standard InChI is InChI=1S/C23H27N3O2/c24-22(28)23(11-3-13-26(16-23)21(27)19-4-1-5-19)14-17-7-9-18(10-8-17)20-6-2-12-25-15-20/h2,6-10,12,15,19H,1,3-5,11,13-14,16H2,(H2,24,28)/t23-/m1/s1. The number of carbonyl (C=O) groups excluding carboxylic acids is 2. The monoisotopic (exact) mass is 377 g/mol. The highest BCUT2D eigenvalue weighted by Gasteiger charge is 2.43. The maximum absolute atomic E-state index is 12.7. The van der Waals surface area contributed by atoms with E-state index < -0.39 is 5.41 Å². The van der Waals surface area contributed by atoms with E-state index in [1.807, 2.05) is 23.2 Å². The first-order valence-electron chi connectivity index (χ1n) is 10.2. The smallest absolute Gasteiger partial charge is 0.225 e. The zero-order valence-electron chi connectivity index (χ0n) is 16.1. The molecule has 146 valence electrons. The van der Waals surface area contributed by atoms with Crippen LogP contribution in [-0.4, -0.2) is 34.8 Å². The Morgan fingerprint density at radius 1 is 1.11 bits per heavy atom. The summed E-state index contributed by atoms with van der Waals surface area (Å²) < 4.78 is 0. The van der Waals surface area contributed by atoms with E-state index in [1.165, 1.54) is 0 Å². The highest BCUT2D eigenvalue weighted by atomic mass is 16.2. The van der Waals surface area contributed by atoms with Gasteiger partial charge in [-0.3, -0.25) is 14.6 Å². The quantitative estimate of drug-likeness (QED) is 0.869. The Kier molecular flexibility index (Phi) is 5.16. The zero-order valence-corrected chi connectivity index (χ0v) is 16.1. The van der Waals surface area contributed by atoms with Crippen molar-refractivity contribution in [1.29, 1.82) is 0 Å². The first-order chi connectivity index (χ1) is 13.6. The molecule has 1 atom stereocenters. The Hall–Kier alpha value is -2.69. The second-order valence-electron chi connectivity index (χ2n) is 8.25. The van der Waals surface area contributed by atoms with Gasteiger partial charge in [0.1, 0.15) is 0 Å². The number of pyridine rings is 1. The van der Waals surface area contributed by atoms with Crippen LogP contribution in [-0.2, 0) is 16.0 Å². The highest BCUT2D eigenvalue weighted by Crippen LogP contribution is 2.37. The van der Waals surface area contributed by atoms with Crippen molar-refractivity contribution < 1.29 is 9.59 Å². The average molecular weight is 377 g/mol. The van der Waals surface area contributed by atoms with Crippen molar-refractivity contribution in [3.63, 3.8) is 0 Å². The van der Waals surface area contributed by atoms with Crippen LogP contribution in [0, 0.1) is 11.3 Å². The number of aromatic nitrogens is 1. The molecule has 5 heteroatoms. The summed E-state index contributed by atoms with van der Waals surface area (Å²) in [5.74, 6) is 0.0703. The number of rotatable bonds is 5. The molecule has 5 nitrogen and oxygen atoms in total. The third-order valence-electron chi connectivity index (χ3n) is 6.36. The lowest BCUT2D eigenvalue weighted by Gasteiger charge is -2.43. The molecule has 2 amide bonds. The molecule has 28 heavy (non-hydrogen) atoms. The summed E-state index contributed by atoms with van der Waals surface area (Å²) in [6, 6.07) is 12.2. The second kappa shape index (κ2) is 7.74. The second-order valence-corrected chi connectivity index (χ2v) is 8.25. The molecule has 2 fully saturated rings. The molecular weight excluding hydrogens is 350 g/mol. The molecule has 0 radical (unpaired) electrons. The van der Waals surface area contributed by atoms with Crippen molar-refractivity contribution in [3.05, 3.63) is 54.4 Å². The first kappa shape index (κ1) is 18.7. The molecule has 1 saturated carbocycles. The van der Waals surface area contributed by atoms with Gasteiger partial charge >= 0.3 is 0 Å². The summed E-state index contributed by atoms with van der Waals surface area (Å²) in [5, 5.41) is 0. The lowest BCUT2D eigenvalue weighted by molar-refractivity contribution is -0.145. The van der Waals surface area contributed by atoms with Crippen LogP contribution in [0.2, 0.25) is 0 Å². The largest absolute Gasteiger partial charge is 0.369 e. The predicted octanol–water partition coefficient (Wildman–Crippen LogP) is 3.19. The van der Waals surface area contributed by atoms with E-state index in [1.54, 1.807) is 6.20 Å². The number of hydrogen-bond acceptors (Lipinski definition) is 3. The molecule has 0 bridgehead atoms. The van der Waals surface area contributed by atoms with Crippen LogP contribution in [0.4, 0.5) is 0 Å². The van der Waals surface area contributed by atoms with Gasteiger partial charge < -0.3 is 10.6 Å². The third kappa shape index (κ3) is 3.66. The molecule has 1 saturated heterocycles. The summed E-state index contributed by atoms with van der Waals surface area (Å²) >= 11 is 0. The van der Waals surface area contributed by atoms with E-state index in [4.69, 9.17) is 5.73 Å². The van der Waals surface area contributed by atoms with Gasteiger partial charge in [-0.25, -0.2) is 0 Å². The van der Waals surface area contributed by atoms with Crippen LogP contribution >= 0.6 is 0 Å². The number of benzene rings is 1. The molecule has 4 rings (SSSR count). The summed E-state index contributed by atoms with van der Waals surface area (Å²) in [6.45, 7) is 1.19. The Labute approximate surface area is 165 Å². The van der Waals surface area contributed by atoms with Gasteiger partial charge in [0.05, 0.1) is 5.41 Å². The number of primary amides is 1. The van der Waals surface area contributed by atoms with Crippen LogP contribution in [0.5, 0.6) is 0 Å². The van der Waals surface area contributed by atoms with E-state index in [-0.39, 0.29) is 17.7 Å². The topological polar surface area (TPSA) is 76.3 Å². The van der Waals surface area contributed by atoms with E-state index in [0.717, 1.165) is 55.3 Å². The fourth-order valence-corrected chi connectivity index (χ4v) is 4.41. The van der Waals surface area contributed by atoms with Gasteiger partial charge in [0.15, 0.2) is 0 Å². The van der Waals surface area contributed by atoms with Crippen LogP contribution in [0.1, 0.15) is 37.7 Å². The van der Waals surface area contributed by atoms with Gasteiger partial charge in [-0.1, -0.05) is 36.8 Å². The zero-order chi connectivity index (χ0) is 19.6. The van der Waals surface area contributed by atoms with Gasteiger partial charge in [0.25, 0.3) is 0 Å². The highest BCUT2D eigenvalue weighted by molar-refractivity contribution is 5.84. The van der Waals surface area contributed by atoms with Gasteiger partial charge in [-0.15, -0.1) is 0 Å². The lowest BCUT2D eigenvalue weighted by Crippen LogP contribution is -2.54. The van der Waals surface area contributed by atoms with Crippen molar-refractivity contribution in [2.75, 3.05) is 13.1 Å². The van der Waals surface area contributed by atoms with E-state index in [2.05, 4.69) is 29.2 Å². The van der Waals surface area contributed by atoms with E-state index in [0.29, 0.717) is 13.0 Å².